The minimum Gasteiger partial charge on any atom is -0.455 e. The number of hydrogen-bond acceptors (Lipinski definition) is 6. The van der Waals surface area contributed by atoms with Crippen LogP contribution < -0.4 is 20.1 Å². The highest BCUT2D eigenvalue weighted by Crippen LogP contribution is 2.43. The Kier molecular flexibility index (Phi) is 7.65. The van der Waals surface area contributed by atoms with Gasteiger partial charge >= 0.3 is 12.4 Å². The first-order valence-electron chi connectivity index (χ1n) is 13.5. The predicted octanol–water partition coefficient (Wildman–Crippen LogP) is 7.82. The first-order chi connectivity index (χ1) is 20.8. The van der Waals surface area contributed by atoms with Crippen molar-refractivity contribution in [2.24, 2.45) is 5.92 Å². The number of anilines is 2. The SMILES string of the molecule is O=C(Nc1ccc(OC(F)(F)F)cc1)Nc1cc(-c2ccccc2-c2nn[nH]n2)cc(CC2CC2)c1Oc1ccccc1. The molecular formula is C31H25F3N6O3. The predicted molar refractivity (Wildman–Crippen MR) is 154 cm³/mol. The fourth-order valence-corrected chi connectivity index (χ4v) is 4.68. The summed E-state index contributed by atoms with van der Waals surface area (Å²) in [7, 11) is 0. The molecule has 0 aliphatic heterocycles. The van der Waals surface area contributed by atoms with Crippen LogP contribution in [0, 0.1) is 5.92 Å². The van der Waals surface area contributed by atoms with Crippen molar-refractivity contribution < 1.29 is 27.4 Å². The maximum Gasteiger partial charge on any atom is 0.573 e. The summed E-state index contributed by atoms with van der Waals surface area (Å²) in [5.74, 6) is 1.63. The maximum atomic E-state index is 13.2. The molecule has 1 saturated carbocycles. The van der Waals surface area contributed by atoms with E-state index in [1.165, 1.54) is 12.1 Å². The molecule has 2 amide bonds. The van der Waals surface area contributed by atoms with E-state index in [4.69, 9.17) is 4.74 Å². The molecule has 1 aliphatic carbocycles. The highest BCUT2D eigenvalue weighted by molar-refractivity contribution is 6.01. The second-order valence-electron chi connectivity index (χ2n) is 10.0. The van der Waals surface area contributed by atoms with E-state index < -0.39 is 18.1 Å². The average Bonchev–Trinajstić information content (AvgIpc) is 3.63. The van der Waals surface area contributed by atoms with Gasteiger partial charge in [-0.15, -0.1) is 23.4 Å². The molecule has 0 spiro atoms. The van der Waals surface area contributed by atoms with E-state index in [9.17, 15) is 18.0 Å². The summed E-state index contributed by atoms with van der Waals surface area (Å²) in [4.78, 5) is 13.2. The van der Waals surface area contributed by atoms with E-state index in [-0.39, 0.29) is 5.69 Å². The lowest BCUT2D eigenvalue weighted by Gasteiger charge is -2.20. The highest BCUT2D eigenvalue weighted by Gasteiger charge is 2.31. The summed E-state index contributed by atoms with van der Waals surface area (Å²) < 4.78 is 47.9. The number of carbonyl (C=O) groups is 1. The van der Waals surface area contributed by atoms with Crippen molar-refractivity contribution in [3.63, 3.8) is 0 Å². The largest absolute Gasteiger partial charge is 0.573 e. The van der Waals surface area contributed by atoms with E-state index in [1.807, 2.05) is 60.7 Å². The molecule has 5 aromatic rings. The number of urea groups is 1. The van der Waals surface area contributed by atoms with E-state index >= 15 is 0 Å². The van der Waals surface area contributed by atoms with Gasteiger partial charge in [0.25, 0.3) is 0 Å². The van der Waals surface area contributed by atoms with Crippen LogP contribution >= 0.6 is 0 Å². The number of aromatic nitrogens is 4. The zero-order chi connectivity index (χ0) is 29.8. The third-order valence-electron chi connectivity index (χ3n) is 6.75. The molecule has 1 aromatic heterocycles. The highest BCUT2D eigenvalue weighted by atomic mass is 19.4. The summed E-state index contributed by atoms with van der Waals surface area (Å²) in [5.41, 5.74) is 3.98. The number of rotatable bonds is 9. The topological polar surface area (TPSA) is 114 Å². The zero-order valence-electron chi connectivity index (χ0n) is 22.6. The van der Waals surface area contributed by atoms with Crippen molar-refractivity contribution in [3.05, 3.63) is 96.6 Å². The normalized spacial score (nSPS) is 12.9. The van der Waals surface area contributed by atoms with Crippen molar-refractivity contribution in [2.75, 3.05) is 10.6 Å². The Bertz CT molecular complexity index is 1710. The number of alkyl halides is 3. The van der Waals surface area contributed by atoms with E-state index in [0.717, 1.165) is 53.6 Å². The van der Waals surface area contributed by atoms with E-state index in [1.54, 1.807) is 0 Å². The number of ether oxygens (including phenoxy) is 2. The van der Waals surface area contributed by atoms with Gasteiger partial charge in [0.05, 0.1) is 5.69 Å². The lowest BCUT2D eigenvalue weighted by atomic mass is 9.94. The number of nitrogens with one attached hydrogen (secondary N) is 3. The Balaban J connectivity index is 1.37. The number of nitrogens with zero attached hydrogens (tertiary/aromatic N) is 3. The van der Waals surface area contributed by atoms with E-state index in [0.29, 0.717) is 28.9 Å². The molecule has 12 heteroatoms. The van der Waals surface area contributed by atoms with Crippen LogP contribution in [0.2, 0.25) is 0 Å². The van der Waals surface area contributed by atoms with Gasteiger partial charge in [-0.2, -0.15) is 5.21 Å². The average molecular weight is 587 g/mol. The van der Waals surface area contributed by atoms with Gasteiger partial charge in [0.15, 0.2) is 5.75 Å². The lowest BCUT2D eigenvalue weighted by Crippen LogP contribution is -2.20. The molecule has 0 radical (unpaired) electrons. The Labute approximate surface area is 244 Å². The molecule has 43 heavy (non-hydrogen) atoms. The number of aromatic amines is 1. The Hall–Kier alpha value is -5.39. The molecular weight excluding hydrogens is 561 g/mol. The fourth-order valence-electron chi connectivity index (χ4n) is 4.68. The van der Waals surface area contributed by atoms with Crippen LogP contribution in [0.3, 0.4) is 0 Å². The lowest BCUT2D eigenvalue weighted by molar-refractivity contribution is -0.274. The molecule has 9 nitrogen and oxygen atoms in total. The van der Waals surface area contributed by atoms with Gasteiger partial charge in [-0.05, 0) is 95.6 Å². The van der Waals surface area contributed by atoms with Crippen LogP contribution in [-0.4, -0.2) is 33.0 Å². The minimum absolute atomic E-state index is 0.273. The smallest absolute Gasteiger partial charge is 0.455 e. The third kappa shape index (κ3) is 7.10. The number of tetrazole rings is 1. The minimum atomic E-state index is -4.81. The maximum absolute atomic E-state index is 13.2. The van der Waals surface area contributed by atoms with Crippen molar-refractivity contribution >= 4 is 17.4 Å². The van der Waals surface area contributed by atoms with Crippen LogP contribution in [0.15, 0.2) is 91.0 Å². The van der Waals surface area contributed by atoms with Gasteiger partial charge in [-0.3, -0.25) is 0 Å². The number of benzene rings is 4. The standard InChI is InChI=1S/C31H25F3N6O3/c32-31(33,34)43-24-14-12-22(13-15-24)35-30(41)36-27-18-20(25-8-4-5-9-26(25)29-37-39-40-38-29)17-21(16-19-10-11-19)28(27)42-23-6-2-1-3-7-23/h1-9,12-15,17-19H,10-11,16H2,(H2,35,36,41)(H,37,38,39,40). The first-order valence-corrected chi connectivity index (χ1v) is 13.5. The van der Waals surface area contributed by atoms with Gasteiger partial charge < -0.3 is 20.1 Å². The molecule has 0 saturated heterocycles. The van der Waals surface area contributed by atoms with Gasteiger partial charge in [-0.1, -0.05) is 42.5 Å². The molecule has 218 valence electrons. The molecule has 6 rings (SSSR count). The second kappa shape index (κ2) is 11.8. The summed E-state index contributed by atoms with van der Waals surface area (Å²) in [5, 5.41) is 20.0. The van der Waals surface area contributed by atoms with Gasteiger partial charge in [-0.25, -0.2) is 4.79 Å². The summed E-state index contributed by atoms with van der Waals surface area (Å²) in [6, 6.07) is 25.0. The van der Waals surface area contributed by atoms with Crippen LogP contribution in [0.1, 0.15) is 18.4 Å². The molecule has 1 aliphatic rings. The summed E-state index contributed by atoms with van der Waals surface area (Å²) in [6.07, 6.45) is -1.86. The van der Waals surface area contributed by atoms with Crippen molar-refractivity contribution in [2.45, 2.75) is 25.6 Å². The fraction of sp³-hybridized carbons (Fsp3) is 0.161. The third-order valence-corrected chi connectivity index (χ3v) is 6.75. The Morgan fingerprint density at radius 2 is 1.60 bits per heavy atom. The number of H-pyrrole nitrogens is 1. The van der Waals surface area contributed by atoms with Crippen molar-refractivity contribution in [1.82, 2.24) is 20.6 Å². The number of amides is 2. The van der Waals surface area contributed by atoms with Gasteiger partial charge in [0.2, 0.25) is 5.82 Å². The van der Waals surface area contributed by atoms with Crippen LogP contribution in [0.4, 0.5) is 29.3 Å². The quantitative estimate of drug-likeness (QED) is 0.162. The van der Waals surface area contributed by atoms with Crippen molar-refractivity contribution in [3.8, 4) is 39.8 Å². The number of para-hydroxylation sites is 1. The van der Waals surface area contributed by atoms with Crippen LogP contribution in [0.25, 0.3) is 22.5 Å². The summed E-state index contributed by atoms with van der Waals surface area (Å²) in [6.45, 7) is 0. The molecule has 0 unspecified atom stereocenters. The monoisotopic (exact) mass is 586 g/mol. The summed E-state index contributed by atoms with van der Waals surface area (Å²) >= 11 is 0. The molecule has 1 heterocycles. The number of hydrogen-bond donors (Lipinski definition) is 3. The molecule has 3 N–H and O–H groups in total. The van der Waals surface area contributed by atoms with Gasteiger partial charge in [0, 0.05) is 11.3 Å². The number of carbonyl (C=O) groups excluding carboxylic acids is 1. The second-order valence-corrected chi connectivity index (χ2v) is 10.0. The molecule has 0 atom stereocenters. The Morgan fingerprint density at radius 3 is 2.28 bits per heavy atom. The van der Waals surface area contributed by atoms with Crippen LogP contribution in [0.5, 0.6) is 17.2 Å². The number of halogens is 3. The molecule has 4 aromatic carbocycles. The van der Waals surface area contributed by atoms with Crippen LogP contribution in [-0.2, 0) is 6.42 Å². The molecule has 1 fully saturated rings. The zero-order valence-corrected chi connectivity index (χ0v) is 22.6. The molecule has 0 bridgehead atoms. The first kappa shape index (κ1) is 27.8. The van der Waals surface area contributed by atoms with Crippen molar-refractivity contribution in [1.29, 1.82) is 0 Å². The van der Waals surface area contributed by atoms with E-state index in [2.05, 4.69) is 42.1 Å². The Morgan fingerprint density at radius 1 is 0.884 bits per heavy atom. The van der Waals surface area contributed by atoms with Gasteiger partial charge in [0.1, 0.15) is 11.5 Å².